The smallest absolute Gasteiger partial charge is 0.202 e. The molecule has 0 aliphatic carbocycles. The van der Waals surface area contributed by atoms with Crippen LogP contribution < -0.4 is 20.2 Å². The second-order valence-corrected chi connectivity index (χ2v) is 13.9. The molecule has 5 aromatic rings. The number of rotatable bonds is 5. The molecule has 3 nitrogen and oxygen atoms in total. The summed E-state index contributed by atoms with van der Waals surface area (Å²) in [5, 5.41) is 2.81. The van der Waals surface area contributed by atoms with Crippen LogP contribution in [0.4, 0.5) is 22.0 Å². The summed E-state index contributed by atoms with van der Waals surface area (Å²) < 4.78 is 103. The van der Waals surface area contributed by atoms with Gasteiger partial charge in [0.15, 0.2) is 35.3 Å². The molecular weight excluding hydrogens is 614 g/mol. The highest BCUT2D eigenvalue weighted by Gasteiger charge is 2.44. The molecule has 5 aromatic carbocycles. The van der Waals surface area contributed by atoms with Gasteiger partial charge in [0, 0.05) is 10.8 Å². The zero-order chi connectivity index (χ0) is 25.6. The van der Waals surface area contributed by atoms with E-state index in [4.69, 9.17) is 2.51 Å². The molecule has 0 saturated carbocycles. The van der Waals surface area contributed by atoms with Crippen molar-refractivity contribution in [3.63, 3.8) is 0 Å². The third kappa shape index (κ3) is 4.12. The van der Waals surface area contributed by atoms with Crippen molar-refractivity contribution in [1.29, 1.82) is 0 Å². The lowest BCUT2D eigenvalue weighted by molar-refractivity contribution is -1.03. The summed E-state index contributed by atoms with van der Waals surface area (Å²) in [4.78, 5) is -2.01. The zero-order valence-electron chi connectivity index (χ0n) is 18.0. The Hall–Kier alpha value is -3.09. The van der Waals surface area contributed by atoms with Gasteiger partial charge in [-0.25, -0.2) is 22.0 Å². The van der Waals surface area contributed by atoms with Gasteiger partial charge in [0.2, 0.25) is 5.82 Å². The van der Waals surface area contributed by atoms with E-state index in [2.05, 4.69) is 0 Å². The van der Waals surface area contributed by atoms with Gasteiger partial charge >= 0.3 is 30.4 Å². The second kappa shape index (κ2) is 9.41. The second-order valence-electron chi connectivity index (χ2n) is 7.59. The highest BCUT2D eigenvalue weighted by molar-refractivity contribution is 7.86. The van der Waals surface area contributed by atoms with Crippen molar-refractivity contribution in [1.82, 2.24) is 0 Å². The van der Waals surface area contributed by atoms with Crippen LogP contribution in [0.15, 0.2) is 89.8 Å². The van der Waals surface area contributed by atoms with Crippen LogP contribution in [0.25, 0.3) is 21.5 Å². The molecule has 0 spiro atoms. The number of hydrogen-bond acceptors (Lipinski definition) is 3. The predicted molar refractivity (Wildman–Crippen MR) is 120 cm³/mol. The molecule has 0 bridgehead atoms. The molecule has 0 aromatic heterocycles. The van der Waals surface area contributed by atoms with Gasteiger partial charge < -0.3 is 0 Å². The van der Waals surface area contributed by atoms with Gasteiger partial charge in [-0.05, 0) is 37.6 Å². The Morgan fingerprint density at radius 1 is 0.528 bits per heavy atom. The molecule has 0 saturated heterocycles. The van der Waals surface area contributed by atoms with Crippen molar-refractivity contribution >= 4 is 31.7 Å². The van der Waals surface area contributed by atoms with Crippen LogP contribution in [-0.2, 0) is 12.6 Å². The van der Waals surface area contributed by atoms with Gasteiger partial charge in [-0.3, -0.25) is 0 Å². The van der Waals surface area contributed by atoms with E-state index in [0.717, 1.165) is 10.8 Å². The average molecular weight is 628 g/mol. The first kappa shape index (κ1) is 24.6. The van der Waals surface area contributed by atoms with E-state index >= 15 is 0 Å². The van der Waals surface area contributed by atoms with Crippen molar-refractivity contribution in [2.45, 2.75) is 4.90 Å². The third-order valence-corrected chi connectivity index (χ3v) is 13.0. The highest BCUT2D eigenvalue weighted by atomic mass is 127. The molecule has 0 aliphatic rings. The molecular formula is C26H14F5IO3S+. The Balaban J connectivity index is 1.78. The van der Waals surface area contributed by atoms with Crippen LogP contribution in [-0.4, -0.2) is 8.42 Å². The fourth-order valence-electron chi connectivity index (χ4n) is 3.77. The summed E-state index contributed by atoms with van der Waals surface area (Å²) in [6.07, 6.45) is 0. The van der Waals surface area contributed by atoms with Crippen molar-refractivity contribution in [2.75, 3.05) is 0 Å². The van der Waals surface area contributed by atoms with Crippen LogP contribution in [0.3, 0.4) is 0 Å². The number of halogens is 6. The number of benzene rings is 5. The van der Waals surface area contributed by atoms with Crippen LogP contribution in [0.5, 0.6) is 0 Å². The van der Waals surface area contributed by atoms with E-state index in [1.165, 1.54) is 0 Å². The highest BCUT2D eigenvalue weighted by Crippen LogP contribution is 2.27. The summed E-state index contributed by atoms with van der Waals surface area (Å²) in [6, 6.07) is 24.4. The first-order valence-electron chi connectivity index (χ1n) is 10.3. The lowest BCUT2D eigenvalue weighted by atomic mass is 10.1. The normalized spacial score (nSPS) is 12.1. The Bertz CT molecular complexity index is 1640. The van der Waals surface area contributed by atoms with Crippen molar-refractivity contribution < 1.29 is 53.1 Å². The van der Waals surface area contributed by atoms with Gasteiger partial charge in [-0.2, -0.15) is 8.42 Å². The van der Waals surface area contributed by atoms with E-state index in [-0.39, 0.29) is 0 Å². The maximum absolute atomic E-state index is 14.5. The topological polar surface area (TPSA) is 43.4 Å². The molecule has 0 heterocycles. The average Bonchev–Trinajstić information content (AvgIpc) is 2.89. The summed E-state index contributed by atoms with van der Waals surface area (Å²) in [6.45, 7) is 0. The lowest BCUT2D eigenvalue weighted by Gasteiger charge is -2.11. The Kier molecular flexibility index (Phi) is 6.43. The summed E-state index contributed by atoms with van der Waals surface area (Å²) in [5.74, 6) is -12.1. The van der Waals surface area contributed by atoms with Gasteiger partial charge in [0.05, 0.1) is 0 Å². The van der Waals surface area contributed by atoms with Gasteiger partial charge in [0.25, 0.3) is 0 Å². The van der Waals surface area contributed by atoms with Crippen molar-refractivity contribution in [3.05, 3.63) is 121 Å². The molecule has 36 heavy (non-hydrogen) atoms. The van der Waals surface area contributed by atoms with E-state index in [0.29, 0.717) is 17.9 Å². The Morgan fingerprint density at radius 2 is 0.917 bits per heavy atom. The monoisotopic (exact) mass is 628 g/mol. The van der Waals surface area contributed by atoms with Crippen LogP contribution in [0.1, 0.15) is 0 Å². The third-order valence-electron chi connectivity index (χ3n) is 5.41. The van der Waals surface area contributed by atoms with Crippen LogP contribution >= 0.6 is 0 Å². The van der Waals surface area contributed by atoms with E-state index < -0.39 is 64.3 Å². The van der Waals surface area contributed by atoms with Gasteiger partial charge in [0.1, 0.15) is 0 Å². The molecule has 1 radical (unpaired) electrons. The minimum absolute atomic E-state index is 0.473. The predicted octanol–water partition coefficient (Wildman–Crippen LogP) is 3.67. The van der Waals surface area contributed by atoms with Gasteiger partial charge in [-0.1, -0.05) is 60.7 Å². The fraction of sp³-hybridized carbons (Fsp3) is 0. The summed E-state index contributed by atoms with van der Waals surface area (Å²) in [7, 11) is -5.44. The standard InChI is InChI=1S/C26H14F5IO3S/c27-21-22(28)24(30)26(25(31)23(21)29)36(33,34)35-32(19-13-5-9-15-7-1-3-11-17(15)19)20-14-6-10-16-8-2-4-12-18(16)20/h1-14H/q+1. The maximum Gasteiger partial charge on any atom is 0.342 e. The summed E-state index contributed by atoms with van der Waals surface area (Å²) >= 11 is -3.63. The van der Waals surface area contributed by atoms with Gasteiger partial charge in [-0.15, -0.1) is 0 Å². The molecule has 0 N–H and O–H groups in total. The summed E-state index contributed by atoms with van der Waals surface area (Å²) in [5.41, 5.74) is 0. The molecule has 0 fully saturated rings. The van der Waals surface area contributed by atoms with E-state index in [1.54, 1.807) is 84.9 Å². The number of hydrogen-bond donors (Lipinski definition) is 0. The molecule has 0 atom stereocenters. The van der Waals surface area contributed by atoms with Crippen LogP contribution in [0, 0.1) is 36.2 Å². The molecule has 0 amide bonds. The Morgan fingerprint density at radius 3 is 1.39 bits per heavy atom. The van der Waals surface area contributed by atoms with Crippen molar-refractivity contribution in [3.8, 4) is 0 Å². The number of fused-ring (bicyclic) bond motifs is 2. The van der Waals surface area contributed by atoms with Crippen LogP contribution in [0.2, 0.25) is 0 Å². The van der Waals surface area contributed by atoms with E-state index in [1.807, 2.05) is 0 Å². The first-order valence-corrected chi connectivity index (χ1v) is 14.8. The quantitative estimate of drug-likeness (QED) is 0.129. The largest absolute Gasteiger partial charge is 0.342 e. The zero-order valence-corrected chi connectivity index (χ0v) is 21.0. The molecule has 183 valence electrons. The van der Waals surface area contributed by atoms with Crippen molar-refractivity contribution in [2.24, 2.45) is 0 Å². The molecule has 5 rings (SSSR count). The SMILES string of the molecule is O=S(=O)(O[I+](c1cccc2ccccc12)c1cccc2ccccc12)c1c(F)c(F)c(F)c(F)c1F. The lowest BCUT2D eigenvalue weighted by Crippen LogP contribution is -3.85. The first-order chi connectivity index (χ1) is 17.2. The molecule has 0 unspecified atom stereocenters. The maximum atomic E-state index is 14.5. The molecule has 10 heteroatoms. The van der Waals surface area contributed by atoms with E-state index in [9.17, 15) is 30.4 Å². The fourth-order valence-corrected chi connectivity index (χ4v) is 11.6. The Labute approximate surface area is 210 Å². The minimum atomic E-state index is -5.44. The minimum Gasteiger partial charge on any atom is -0.202 e. The molecule has 0 aliphatic heterocycles.